The SMILES string of the molecule is COC(=O)Nc1cc(CN2C(=O)N(c3ccc(C)cc3)C(=O)C2(C)C)ccn1. The third kappa shape index (κ3) is 3.53. The highest BCUT2D eigenvalue weighted by Crippen LogP contribution is 2.33. The van der Waals surface area contributed by atoms with E-state index in [2.05, 4.69) is 15.0 Å². The smallest absolute Gasteiger partial charge is 0.412 e. The second kappa shape index (κ2) is 7.30. The first-order valence-corrected chi connectivity index (χ1v) is 8.77. The Hall–Kier alpha value is -3.42. The van der Waals surface area contributed by atoms with Crippen molar-refractivity contribution in [1.82, 2.24) is 9.88 Å². The van der Waals surface area contributed by atoms with Crippen LogP contribution in [0.15, 0.2) is 42.6 Å². The van der Waals surface area contributed by atoms with Crippen LogP contribution >= 0.6 is 0 Å². The number of benzene rings is 1. The summed E-state index contributed by atoms with van der Waals surface area (Å²) in [7, 11) is 1.26. The molecule has 3 rings (SSSR count). The fourth-order valence-corrected chi connectivity index (χ4v) is 3.00. The molecule has 0 saturated carbocycles. The number of imide groups is 1. The van der Waals surface area contributed by atoms with Crippen LogP contribution in [-0.4, -0.2) is 40.6 Å². The molecule has 8 heteroatoms. The van der Waals surface area contributed by atoms with Crippen molar-refractivity contribution in [3.63, 3.8) is 0 Å². The molecule has 2 heterocycles. The molecule has 146 valence electrons. The molecule has 1 aliphatic rings. The van der Waals surface area contributed by atoms with Gasteiger partial charge in [0.05, 0.1) is 12.8 Å². The number of aryl methyl sites for hydroxylation is 1. The van der Waals surface area contributed by atoms with Gasteiger partial charge in [-0.15, -0.1) is 0 Å². The number of methoxy groups -OCH3 is 1. The molecule has 1 aromatic heterocycles. The molecular weight excluding hydrogens is 360 g/mol. The molecule has 0 radical (unpaired) electrons. The van der Waals surface area contributed by atoms with E-state index in [1.807, 2.05) is 19.1 Å². The van der Waals surface area contributed by atoms with E-state index in [-0.39, 0.29) is 12.5 Å². The molecular formula is C20H22N4O4. The topological polar surface area (TPSA) is 91.8 Å². The number of nitrogens with one attached hydrogen (secondary N) is 1. The molecule has 1 fully saturated rings. The Morgan fingerprint density at radius 3 is 2.50 bits per heavy atom. The summed E-state index contributed by atoms with van der Waals surface area (Å²) >= 11 is 0. The third-order valence-corrected chi connectivity index (χ3v) is 4.70. The Labute approximate surface area is 163 Å². The van der Waals surface area contributed by atoms with E-state index in [1.165, 1.54) is 23.1 Å². The number of carbonyl (C=O) groups is 3. The summed E-state index contributed by atoms with van der Waals surface area (Å²) in [5.41, 5.74) is 1.29. The number of hydrogen-bond donors (Lipinski definition) is 1. The molecule has 1 aliphatic heterocycles. The summed E-state index contributed by atoms with van der Waals surface area (Å²) in [6.45, 7) is 5.57. The minimum Gasteiger partial charge on any atom is -0.453 e. The zero-order valence-corrected chi connectivity index (χ0v) is 16.2. The number of hydrogen-bond acceptors (Lipinski definition) is 5. The van der Waals surface area contributed by atoms with Gasteiger partial charge in [-0.25, -0.2) is 19.5 Å². The number of carbonyl (C=O) groups excluding carboxylic acids is 3. The van der Waals surface area contributed by atoms with Gasteiger partial charge in [0.1, 0.15) is 11.4 Å². The first-order chi connectivity index (χ1) is 13.2. The predicted molar refractivity (Wildman–Crippen MR) is 104 cm³/mol. The Morgan fingerprint density at radius 1 is 1.18 bits per heavy atom. The van der Waals surface area contributed by atoms with E-state index in [4.69, 9.17) is 0 Å². The van der Waals surface area contributed by atoms with Crippen molar-refractivity contribution >= 4 is 29.5 Å². The van der Waals surface area contributed by atoms with Crippen molar-refractivity contribution in [2.45, 2.75) is 32.9 Å². The summed E-state index contributed by atoms with van der Waals surface area (Å²) in [5, 5.41) is 2.48. The fourth-order valence-electron chi connectivity index (χ4n) is 3.00. The van der Waals surface area contributed by atoms with Crippen LogP contribution in [0.4, 0.5) is 21.1 Å². The number of pyridine rings is 1. The van der Waals surface area contributed by atoms with E-state index in [0.29, 0.717) is 11.5 Å². The highest BCUT2D eigenvalue weighted by Gasteiger charge is 2.51. The zero-order valence-electron chi connectivity index (χ0n) is 16.2. The van der Waals surface area contributed by atoms with Crippen LogP contribution < -0.4 is 10.2 Å². The standard InChI is InChI=1S/C20H22N4O4/c1-13-5-7-15(8-6-13)24-17(25)20(2,3)23(19(24)27)12-14-9-10-21-16(11-14)22-18(26)28-4/h5-11H,12H2,1-4H3,(H,21,22,26). The molecule has 0 unspecified atom stereocenters. The highest BCUT2D eigenvalue weighted by molar-refractivity contribution is 6.22. The highest BCUT2D eigenvalue weighted by atomic mass is 16.5. The average molecular weight is 382 g/mol. The molecule has 2 aromatic rings. The minimum absolute atomic E-state index is 0.193. The second-order valence-electron chi connectivity index (χ2n) is 7.07. The van der Waals surface area contributed by atoms with Crippen LogP contribution in [0.5, 0.6) is 0 Å². The first-order valence-electron chi connectivity index (χ1n) is 8.77. The number of rotatable bonds is 4. The molecule has 0 atom stereocenters. The molecule has 8 nitrogen and oxygen atoms in total. The maximum absolute atomic E-state index is 13.1. The van der Waals surface area contributed by atoms with Crippen molar-refractivity contribution in [2.75, 3.05) is 17.3 Å². The van der Waals surface area contributed by atoms with Gasteiger partial charge in [0.15, 0.2) is 0 Å². The van der Waals surface area contributed by atoms with E-state index in [0.717, 1.165) is 11.1 Å². The summed E-state index contributed by atoms with van der Waals surface area (Å²) < 4.78 is 4.56. The second-order valence-corrected chi connectivity index (χ2v) is 7.07. The Kier molecular flexibility index (Phi) is 5.04. The van der Waals surface area contributed by atoms with Crippen molar-refractivity contribution in [1.29, 1.82) is 0 Å². The summed E-state index contributed by atoms with van der Waals surface area (Å²) in [6, 6.07) is 10.2. The number of aromatic nitrogens is 1. The van der Waals surface area contributed by atoms with E-state index >= 15 is 0 Å². The fraction of sp³-hybridized carbons (Fsp3) is 0.300. The number of anilines is 2. The van der Waals surface area contributed by atoms with Crippen LogP contribution in [0.25, 0.3) is 0 Å². The lowest BCUT2D eigenvalue weighted by atomic mass is 10.0. The molecule has 0 bridgehead atoms. The van der Waals surface area contributed by atoms with Crippen LogP contribution in [0.2, 0.25) is 0 Å². The van der Waals surface area contributed by atoms with Crippen molar-refractivity contribution in [3.8, 4) is 0 Å². The molecule has 1 saturated heterocycles. The Morgan fingerprint density at radius 2 is 1.86 bits per heavy atom. The van der Waals surface area contributed by atoms with Gasteiger partial charge in [-0.05, 0) is 50.6 Å². The average Bonchev–Trinajstić information content (AvgIpc) is 2.83. The van der Waals surface area contributed by atoms with Gasteiger partial charge >= 0.3 is 12.1 Å². The number of ether oxygens (including phenoxy) is 1. The number of nitrogens with zero attached hydrogens (tertiary/aromatic N) is 3. The van der Waals surface area contributed by atoms with Gasteiger partial charge < -0.3 is 9.64 Å². The first kappa shape index (κ1) is 19.3. The van der Waals surface area contributed by atoms with E-state index in [9.17, 15) is 14.4 Å². The van der Waals surface area contributed by atoms with Crippen molar-refractivity contribution in [2.24, 2.45) is 0 Å². The van der Waals surface area contributed by atoms with Crippen LogP contribution in [-0.2, 0) is 16.1 Å². The van der Waals surface area contributed by atoms with Crippen molar-refractivity contribution < 1.29 is 19.1 Å². The minimum atomic E-state index is -1.01. The Balaban J connectivity index is 1.87. The van der Waals surface area contributed by atoms with Gasteiger partial charge in [-0.3, -0.25) is 10.1 Å². The molecule has 1 N–H and O–H groups in total. The van der Waals surface area contributed by atoms with E-state index < -0.39 is 17.7 Å². The van der Waals surface area contributed by atoms with E-state index in [1.54, 1.807) is 38.1 Å². The number of amides is 4. The van der Waals surface area contributed by atoms with Gasteiger partial charge in [-0.1, -0.05) is 17.7 Å². The molecule has 1 aromatic carbocycles. The van der Waals surface area contributed by atoms with Crippen LogP contribution in [0, 0.1) is 6.92 Å². The van der Waals surface area contributed by atoms with Crippen molar-refractivity contribution in [3.05, 3.63) is 53.7 Å². The Bertz CT molecular complexity index is 924. The molecule has 4 amide bonds. The third-order valence-electron chi connectivity index (χ3n) is 4.70. The lowest BCUT2D eigenvalue weighted by molar-refractivity contribution is -0.123. The quantitative estimate of drug-likeness (QED) is 0.819. The maximum Gasteiger partial charge on any atom is 0.412 e. The lowest BCUT2D eigenvalue weighted by Crippen LogP contribution is -2.43. The summed E-state index contributed by atoms with van der Waals surface area (Å²) in [4.78, 5) is 44.1. The van der Waals surface area contributed by atoms with Gasteiger partial charge in [-0.2, -0.15) is 0 Å². The molecule has 0 spiro atoms. The molecule has 0 aliphatic carbocycles. The van der Waals surface area contributed by atoms with Crippen LogP contribution in [0.1, 0.15) is 25.0 Å². The zero-order chi connectivity index (χ0) is 20.5. The normalized spacial score (nSPS) is 15.7. The monoisotopic (exact) mass is 382 g/mol. The predicted octanol–water partition coefficient (Wildman–Crippen LogP) is 3.32. The number of urea groups is 1. The van der Waals surface area contributed by atoms with Crippen LogP contribution in [0.3, 0.4) is 0 Å². The lowest BCUT2D eigenvalue weighted by Gasteiger charge is -2.27. The largest absolute Gasteiger partial charge is 0.453 e. The van der Waals surface area contributed by atoms with Gasteiger partial charge in [0.2, 0.25) is 0 Å². The molecule has 28 heavy (non-hydrogen) atoms. The van der Waals surface area contributed by atoms with Gasteiger partial charge in [0.25, 0.3) is 5.91 Å². The van der Waals surface area contributed by atoms with Gasteiger partial charge in [0, 0.05) is 12.7 Å². The summed E-state index contributed by atoms with van der Waals surface area (Å²) in [5.74, 6) is 0.0128. The summed E-state index contributed by atoms with van der Waals surface area (Å²) in [6.07, 6.45) is 0.885. The maximum atomic E-state index is 13.1.